The number of rotatable bonds is 8. The molecule has 2 atom stereocenters. The molecule has 2 aromatic rings. The number of carbonyl (C=O) groups excluding carboxylic acids is 1. The zero-order chi connectivity index (χ0) is 18.2. The molecule has 2 aromatic carbocycles. The molecule has 0 aliphatic carbocycles. The van der Waals surface area contributed by atoms with Gasteiger partial charge in [-0.05, 0) is 30.2 Å². The molecule has 0 fully saturated rings. The number of carboxylic acid groups (broad SMARTS) is 1. The lowest BCUT2D eigenvalue weighted by molar-refractivity contribution is -0.139. The van der Waals surface area contributed by atoms with Crippen molar-refractivity contribution in [3.05, 3.63) is 65.7 Å². The number of carboxylic acids is 1. The first-order valence-electron chi connectivity index (χ1n) is 7.84. The summed E-state index contributed by atoms with van der Waals surface area (Å²) in [5, 5.41) is 11.5. The molecule has 0 aliphatic rings. The number of benzene rings is 2. The maximum atomic E-state index is 12.5. The fourth-order valence-electron chi connectivity index (χ4n) is 2.39. The number of hydrogen-bond acceptors (Lipinski definition) is 4. The van der Waals surface area contributed by atoms with Crippen LogP contribution in [0.15, 0.2) is 54.6 Å². The van der Waals surface area contributed by atoms with Crippen LogP contribution in [0.4, 0.5) is 0 Å². The van der Waals surface area contributed by atoms with E-state index < -0.39 is 18.7 Å². The van der Waals surface area contributed by atoms with Crippen LogP contribution in [0, 0.1) is 0 Å². The SMILES string of the molecule is COC(C(=O)NC(C)c1ccc(OCC(=O)O)cc1)c1ccccc1. The summed E-state index contributed by atoms with van der Waals surface area (Å²) in [4.78, 5) is 23.0. The van der Waals surface area contributed by atoms with Crippen LogP contribution in [-0.4, -0.2) is 30.7 Å². The van der Waals surface area contributed by atoms with Gasteiger partial charge in [0, 0.05) is 7.11 Å². The summed E-state index contributed by atoms with van der Waals surface area (Å²) in [6.45, 7) is 1.47. The summed E-state index contributed by atoms with van der Waals surface area (Å²) < 4.78 is 10.4. The Morgan fingerprint density at radius 2 is 1.68 bits per heavy atom. The Labute approximate surface area is 146 Å². The number of hydrogen-bond donors (Lipinski definition) is 2. The molecule has 2 N–H and O–H groups in total. The van der Waals surface area contributed by atoms with Crippen molar-refractivity contribution in [1.29, 1.82) is 0 Å². The lowest BCUT2D eigenvalue weighted by Crippen LogP contribution is -2.32. The summed E-state index contributed by atoms with van der Waals surface area (Å²) in [5.74, 6) is -0.799. The molecule has 0 saturated heterocycles. The molecule has 25 heavy (non-hydrogen) atoms. The molecule has 6 heteroatoms. The predicted octanol–water partition coefficient (Wildman–Crippen LogP) is 2.71. The van der Waals surface area contributed by atoms with Crippen molar-refractivity contribution in [1.82, 2.24) is 5.32 Å². The Hall–Kier alpha value is -2.86. The van der Waals surface area contributed by atoms with E-state index in [0.717, 1.165) is 11.1 Å². The van der Waals surface area contributed by atoms with Crippen molar-refractivity contribution < 1.29 is 24.2 Å². The highest BCUT2D eigenvalue weighted by Crippen LogP contribution is 2.21. The minimum absolute atomic E-state index is 0.229. The molecule has 0 spiro atoms. The molecule has 0 saturated carbocycles. The second-order valence-corrected chi connectivity index (χ2v) is 5.51. The van der Waals surface area contributed by atoms with Gasteiger partial charge in [-0.1, -0.05) is 42.5 Å². The number of ether oxygens (including phenoxy) is 2. The number of methoxy groups -OCH3 is 1. The van der Waals surface area contributed by atoms with Crippen molar-refractivity contribution in [2.75, 3.05) is 13.7 Å². The molecule has 0 heterocycles. The van der Waals surface area contributed by atoms with E-state index in [4.69, 9.17) is 14.6 Å². The van der Waals surface area contributed by atoms with Gasteiger partial charge in [0.15, 0.2) is 12.7 Å². The highest BCUT2D eigenvalue weighted by Gasteiger charge is 2.21. The summed E-state index contributed by atoms with van der Waals surface area (Å²) in [6.07, 6.45) is -0.679. The Bertz CT molecular complexity index is 700. The molecule has 1 amide bonds. The fraction of sp³-hybridized carbons (Fsp3) is 0.263. The molecule has 6 nitrogen and oxygen atoms in total. The van der Waals surface area contributed by atoms with Gasteiger partial charge in [0.25, 0.3) is 5.91 Å². The molecule has 2 unspecified atom stereocenters. The topological polar surface area (TPSA) is 84.9 Å². The average Bonchev–Trinajstić information content (AvgIpc) is 2.62. The van der Waals surface area contributed by atoms with E-state index in [1.807, 2.05) is 37.3 Å². The molecule has 0 aromatic heterocycles. The van der Waals surface area contributed by atoms with E-state index in [2.05, 4.69) is 5.32 Å². The quantitative estimate of drug-likeness (QED) is 0.770. The van der Waals surface area contributed by atoms with Crippen molar-refractivity contribution in [2.45, 2.75) is 19.1 Å². The molecule has 0 aliphatic heterocycles. The Morgan fingerprint density at radius 1 is 1.04 bits per heavy atom. The maximum absolute atomic E-state index is 12.5. The largest absolute Gasteiger partial charge is 0.482 e. The van der Waals surface area contributed by atoms with Gasteiger partial charge in [0.1, 0.15) is 5.75 Å². The minimum atomic E-state index is -1.03. The smallest absolute Gasteiger partial charge is 0.341 e. The zero-order valence-corrected chi connectivity index (χ0v) is 14.1. The van der Waals surface area contributed by atoms with Crippen LogP contribution in [0.25, 0.3) is 0 Å². The van der Waals surface area contributed by atoms with E-state index in [9.17, 15) is 9.59 Å². The monoisotopic (exact) mass is 343 g/mol. The van der Waals surface area contributed by atoms with Crippen molar-refractivity contribution in [3.63, 3.8) is 0 Å². The van der Waals surface area contributed by atoms with Crippen LogP contribution in [0.5, 0.6) is 5.75 Å². The van der Waals surface area contributed by atoms with E-state index in [1.54, 1.807) is 24.3 Å². The van der Waals surface area contributed by atoms with E-state index in [1.165, 1.54) is 7.11 Å². The normalized spacial score (nSPS) is 12.9. The average molecular weight is 343 g/mol. The first-order chi connectivity index (χ1) is 12.0. The summed E-state index contributed by atoms with van der Waals surface area (Å²) in [7, 11) is 1.50. The number of amides is 1. The molecule has 0 bridgehead atoms. The van der Waals surface area contributed by atoms with Crippen LogP contribution in [0.1, 0.15) is 30.2 Å². The van der Waals surface area contributed by atoms with Crippen LogP contribution >= 0.6 is 0 Å². The summed E-state index contributed by atoms with van der Waals surface area (Å²) in [5.41, 5.74) is 1.66. The third-order valence-electron chi connectivity index (χ3n) is 3.68. The Balaban J connectivity index is 1.99. The third kappa shape index (κ3) is 5.32. The molecular weight excluding hydrogens is 322 g/mol. The first-order valence-corrected chi connectivity index (χ1v) is 7.84. The summed E-state index contributed by atoms with van der Waals surface area (Å²) >= 11 is 0. The van der Waals surface area contributed by atoms with E-state index in [0.29, 0.717) is 5.75 Å². The Kier molecular flexibility index (Phi) is 6.54. The standard InChI is InChI=1S/C19H21NO5/c1-13(14-8-10-16(11-9-14)25-12-17(21)22)20-19(23)18(24-2)15-6-4-3-5-7-15/h3-11,13,18H,12H2,1-2H3,(H,20,23)(H,21,22). The lowest BCUT2D eigenvalue weighted by Gasteiger charge is -2.20. The van der Waals surface area contributed by atoms with Crippen LogP contribution in [-0.2, 0) is 14.3 Å². The van der Waals surface area contributed by atoms with Crippen LogP contribution in [0.3, 0.4) is 0 Å². The van der Waals surface area contributed by atoms with Gasteiger partial charge >= 0.3 is 5.97 Å². The number of nitrogens with one attached hydrogen (secondary N) is 1. The van der Waals surface area contributed by atoms with Gasteiger partial charge < -0.3 is 19.9 Å². The van der Waals surface area contributed by atoms with Crippen molar-refractivity contribution >= 4 is 11.9 Å². The first kappa shape index (κ1) is 18.5. The van der Waals surface area contributed by atoms with Crippen LogP contribution in [0.2, 0.25) is 0 Å². The van der Waals surface area contributed by atoms with Crippen molar-refractivity contribution in [2.24, 2.45) is 0 Å². The second-order valence-electron chi connectivity index (χ2n) is 5.51. The van der Waals surface area contributed by atoms with Crippen LogP contribution < -0.4 is 10.1 Å². The summed E-state index contributed by atoms with van der Waals surface area (Å²) in [6, 6.07) is 15.9. The van der Waals surface area contributed by atoms with Gasteiger partial charge in [0.2, 0.25) is 0 Å². The zero-order valence-electron chi connectivity index (χ0n) is 14.1. The van der Waals surface area contributed by atoms with Gasteiger partial charge in [-0.3, -0.25) is 4.79 Å². The van der Waals surface area contributed by atoms with E-state index >= 15 is 0 Å². The maximum Gasteiger partial charge on any atom is 0.341 e. The minimum Gasteiger partial charge on any atom is -0.482 e. The number of carbonyl (C=O) groups is 2. The van der Waals surface area contributed by atoms with Gasteiger partial charge in [-0.2, -0.15) is 0 Å². The molecule has 0 radical (unpaired) electrons. The van der Waals surface area contributed by atoms with Gasteiger partial charge in [-0.25, -0.2) is 4.79 Å². The van der Waals surface area contributed by atoms with Gasteiger partial charge in [-0.15, -0.1) is 0 Å². The van der Waals surface area contributed by atoms with Gasteiger partial charge in [0.05, 0.1) is 6.04 Å². The van der Waals surface area contributed by atoms with Crippen molar-refractivity contribution in [3.8, 4) is 5.75 Å². The Morgan fingerprint density at radius 3 is 2.24 bits per heavy atom. The lowest BCUT2D eigenvalue weighted by atomic mass is 10.1. The molecule has 132 valence electrons. The molecule has 2 rings (SSSR count). The third-order valence-corrected chi connectivity index (χ3v) is 3.68. The highest BCUT2D eigenvalue weighted by molar-refractivity contribution is 5.82. The predicted molar refractivity (Wildman–Crippen MR) is 92.3 cm³/mol. The number of aliphatic carboxylic acids is 1. The molecular formula is C19H21NO5. The fourth-order valence-corrected chi connectivity index (χ4v) is 2.39. The highest BCUT2D eigenvalue weighted by atomic mass is 16.5. The second kappa shape index (κ2) is 8.84. The van der Waals surface area contributed by atoms with E-state index in [-0.39, 0.29) is 11.9 Å².